The molecule has 1 aliphatic carbocycles. The molecule has 1 aliphatic rings. The van der Waals surface area contributed by atoms with E-state index in [4.69, 9.17) is 0 Å². The SMILES string of the molecule is O=C(O)C(Cc1ccccc1F)C1CCCCC1O. The Hall–Kier alpha value is -1.42. The van der Waals surface area contributed by atoms with E-state index < -0.39 is 18.0 Å². The summed E-state index contributed by atoms with van der Waals surface area (Å²) in [5, 5.41) is 19.3. The van der Waals surface area contributed by atoms with Gasteiger partial charge in [-0.3, -0.25) is 4.79 Å². The molecule has 1 aromatic carbocycles. The first kappa shape index (κ1) is 14.0. The zero-order valence-electron chi connectivity index (χ0n) is 10.8. The fraction of sp³-hybridized carbons (Fsp3) is 0.533. The van der Waals surface area contributed by atoms with Crippen LogP contribution >= 0.6 is 0 Å². The third-order valence-corrected chi connectivity index (χ3v) is 4.01. The van der Waals surface area contributed by atoms with Crippen LogP contribution in [0.2, 0.25) is 0 Å². The molecule has 0 amide bonds. The van der Waals surface area contributed by atoms with E-state index in [0.717, 1.165) is 12.8 Å². The highest BCUT2D eigenvalue weighted by Crippen LogP contribution is 2.33. The second-order valence-corrected chi connectivity index (χ2v) is 5.26. The Labute approximate surface area is 112 Å². The summed E-state index contributed by atoms with van der Waals surface area (Å²) in [5.41, 5.74) is 0.410. The number of carboxylic acid groups (broad SMARTS) is 1. The summed E-state index contributed by atoms with van der Waals surface area (Å²) in [7, 11) is 0. The van der Waals surface area contributed by atoms with Gasteiger partial charge in [0.1, 0.15) is 5.82 Å². The Balaban J connectivity index is 2.16. The van der Waals surface area contributed by atoms with Crippen molar-refractivity contribution in [2.24, 2.45) is 11.8 Å². The van der Waals surface area contributed by atoms with Crippen molar-refractivity contribution >= 4 is 5.97 Å². The minimum absolute atomic E-state index is 0.143. The highest BCUT2D eigenvalue weighted by molar-refractivity contribution is 5.71. The van der Waals surface area contributed by atoms with E-state index in [1.807, 2.05) is 0 Å². The number of aliphatic hydroxyl groups excluding tert-OH is 1. The number of halogens is 1. The van der Waals surface area contributed by atoms with Crippen molar-refractivity contribution in [3.05, 3.63) is 35.6 Å². The number of carboxylic acids is 1. The first-order valence-electron chi connectivity index (χ1n) is 6.74. The van der Waals surface area contributed by atoms with Crippen molar-refractivity contribution in [1.82, 2.24) is 0 Å². The van der Waals surface area contributed by atoms with Gasteiger partial charge in [0.15, 0.2) is 0 Å². The molecule has 1 fully saturated rings. The number of hydrogen-bond donors (Lipinski definition) is 2. The molecule has 2 N–H and O–H groups in total. The molecule has 0 aromatic heterocycles. The second kappa shape index (κ2) is 6.15. The average molecular weight is 266 g/mol. The number of hydrogen-bond acceptors (Lipinski definition) is 2. The molecular weight excluding hydrogens is 247 g/mol. The van der Waals surface area contributed by atoms with Gasteiger partial charge >= 0.3 is 5.97 Å². The van der Waals surface area contributed by atoms with Gasteiger partial charge in [-0.1, -0.05) is 31.0 Å². The molecule has 4 heteroatoms. The summed E-state index contributed by atoms with van der Waals surface area (Å²) < 4.78 is 13.6. The smallest absolute Gasteiger partial charge is 0.307 e. The van der Waals surface area contributed by atoms with Crippen LogP contribution < -0.4 is 0 Å². The van der Waals surface area contributed by atoms with Crippen LogP contribution in [0, 0.1) is 17.7 Å². The first-order valence-corrected chi connectivity index (χ1v) is 6.74. The van der Waals surface area contributed by atoms with Gasteiger partial charge in [-0.2, -0.15) is 0 Å². The molecule has 3 nitrogen and oxygen atoms in total. The maximum absolute atomic E-state index is 13.6. The second-order valence-electron chi connectivity index (χ2n) is 5.26. The molecule has 1 saturated carbocycles. The first-order chi connectivity index (χ1) is 9.09. The molecule has 0 bridgehead atoms. The summed E-state index contributed by atoms with van der Waals surface area (Å²) in [6.07, 6.45) is 2.77. The van der Waals surface area contributed by atoms with Crippen LogP contribution in [-0.2, 0) is 11.2 Å². The Morgan fingerprint density at radius 2 is 2.00 bits per heavy atom. The van der Waals surface area contributed by atoms with Crippen LogP contribution in [0.5, 0.6) is 0 Å². The predicted octanol–water partition coefficient (Wildman–Crippen LogP) is 2.62. The van der Waals surface area contributed by atoms with Gasteiger partial charge in [0.05, 0.1) is 12.0 Å². The van der Waals surface area contributed by atoms with Crippen LogP contribution in [-0.4, -0.2) is 22.3 Å². The molecule has 1 aromatic rings. The van der Waals surface area contributed by atoms with Crippen molar-refractivity contribution in [2.75, 3.05) is 0 Å². The molecule has 19 heavy (non-hydrogen) atoms. The Morgan fingerprint density at radius 3 is 2.63 bits per heavy atom. The lowest BCUT2D eigenvalue weighted by atomic mass is 9.75. The standard InChI is InChI=1S/C15H19FO3/c16-13-7-3-1-5-10(13)9-12(15(18)19)11-6-2-4-8-14(11)17/h1,3,5,7,11-12,14,17H,2,4,6,8-9H2,(H,18,19). The van der Waals surface area contributed by atoms with E-state index in [0.29, 0.717) is 18.4 Å². The van der Waals surface area contributed by atoms with Gasteiger partial charge in [-0.15, -0.1) is 0 Å². The van der Waals surface area contributed by atoms with E-state index >= 15 is 0 Å². The van der Waals surface area contributed by atoms with Gasteiger partial charge in [-0.05, 0) is 36.8 Å². The lowest BCUT2D eigenvalue weighted by Crippen LogP contribution is -2.36. The lowest BCUT2D eigenvalue weighted by molar-refractivity contribution is -0.146. The third-order valence-electron chi connectivity index (χ3n) is 4.01. The Bertz CT molecular complexity index is 447. The number of aliphatic carboxylic acids is 1. The van der Waals surface area contributed by atoms with Gasteiger partial charge in [0.2, 0.25) is 0 Å². The van der Waals surface area contributed by atoms with Gasteiger partial charge in [0, 0.05) is 0 Å². The van der Waals surface area contributed by atoms with Gasteiger partial charge in [0.25, 0.3) is 0 Å². The summed E-state index contributed by atoms with van der Waals surface area (Å²) >= 11 is 0. The largest absolute Gasteiger partial charge is 0.481 e. The van der Waals surface area contributed by atoms with Crippen molar-refractivity contribution < 1.29 is 19.4 Å². The van der Waals surface area contributed by atoms with Crippen LogP contribution in [0.25, 0.3) is 0 Å². The van der Waals surface area contributed by atoms with Gasteiger partial charge < -0.3 is 10.2 Å². The monoisotopic (exact) mass is 266 g/mol. The third kappa shape index (κ3) is 3.32. The molecule has 0 saturated heterocycles. The molecule has 0 radical (unpaired) electrons. The number of carbonyl (C=O) groups is 1. The van der Waals surface area contributed by atoms with E-state index in [2.05, 4.69) is 0 Å². The molecule has 2 rings (SSSR count). The normalized spacial score (nSPS) is 24.9. The molecule has 3 unspecified atom stereocenters. The van der Waals surface area contributed by atoms with Crippen LogP contribution in [0.15, 0.2) is 24.3 Å². The molecule has 0 spiro atoms. The fourth-order valence-corrected chi connectivity index (χ4v) is 2.93. The molecule has 0 heterocycles. The highest BCUT2D eigenvalue weighted by Gasteiger charge is 2.35. The van der Waals surface area contributed by atoms with E-state index in [1.165, 1.54) is 6.07 Å². The minimum Gasteiger partial charge on any atom is -0.481 e. The Morgan fingerprint density at radius 1 is 1.32 bits per heavy atom. The zero-order chi connectivity index (χ0) is 13.8. The highest BCUT2D eigenvalue weighted by atomic mass is 19.1. The zero-order valence-corrected chi connectivity index (χ0v) is 10.8. The molecule has 0 aliphatic heterocycles. The van der Waals surface area contributed by atoms with Crippen LogP contribution in [0.4, 0.5) is 4.39 Å². The fourth-order valence-electron chi connectivity index (χ4n) is 2.93. The van der Waals surface area contributed by atoms with Gasteiger partial charge in [-0.25, -0.2) is 4.39 Å². The van der Waals surface area contributed by atoms with E-state index in [1.54, 1.807) is 18.2 Å². The minimum atomic E-state index is -0.950. The van der Waals surface area contributed by atoms with Crippen molar-refractivity contribution in [2.45, 2.75) is 38.2 Å². The van der Waals surface area contributed by atoms with Crippen molar-refractivity contribution in [1.29, 1.82) is 0 Å². The predicted molar refractivity (Wildman–Crippen MR) is 69.2 cm³/mol. The summed E-state index contributed by atoms with van der Waals surface area (Å²) in [4.78, 5) is 11.4. The quantitative estimate of drug-likeness (QED) is 0.880. The summed E-state index contributed by atoms with van der Waals surface area (Å²) in [6, 6.07) is 6.24. The Kier molecular flexibility index (Phi) is 4.53. The molecular formula is C15H19FO3. The van der Waals surface area contributed by atoms with Crippen molar-refractivity contribution in [3.63, 3.8) is 0 Å². The van der Waals surface area contributed by atoms with E-state index in [9.17, 15) is 19.4 Å². The van der Waals surface area contributed by atoms with E-state index in [-0.39, 0.29) is 18.2 Å². The summed E-state index contributed by atoms with van der Waals surface area (Å²) in [6.45, 7) is 0. The number of rotatable bonds is 4. The number of aliphatic hydroxyl groups is 1. The van der Waals surface area contributed by atoms with Crippen LogP contribution in [0.1, 0.15) is 31.2 Å². The van der Waals surface area contributed by atoms with Crippen LogP contribution in [0.3, 0.4) is 0 Å². The molecule has 3 atom stereocenters. The maximum atomic E-state index is 13.6. The lowest BCUT2D eigenvalue weighted by Gasteiger charge is -2.32. The number of benzene rings is 1. The maximum Gasteiger partial charge on any atom is 0.307 e. The topological polar surface area (TPSA) is 57.5 Å². The van der Waals surface area contributed by atoms with Crippen molar-refractivity contribution in [3.8, 4) is 0 Å². The average Bonchev–Trinajstić information content (AvgIpc) is 2.38. The summed E-state index contributed by atoms with van der Waals surface area (Å²) in [5.74, 6) is -2.31. The molecule has 104 valence electrons.